The van der Waals surface area contributed by atoms with Crippen molar-refractivity contribution in [2.45, 2.75) is 26.0 Å². The highest BCUT2D eigenvalue weighted by molar-refractivity contribution is 8.14. The van der Waals surface area contributed by atoms with Crippen molar-refractivity contribution < 1.29 is 29.0 Å². The van der Waals surface area contributed by atoms with E-state index in [9.17, 15) is 14.4 Å². The van der Waals surface area contributed by atoms with E-state index < -0.39 is 29.3 Å². The van der Waals surface area contributed by atoms with Crippen molar-refractivity contribution in [3.05, 3.63) is 0 Å². The van der Waals surface area contributed by atoms with Crippen LogP contribution < -0.4 is 0 Å². The van der Waals surface area contributed by atoms with Crippen LogP contribution in [-0.2, 0) is 19.1 Å². The van der Waals surface area contributed by atoms with Crippen LogP contribution in [-0.4, -0.2) is 34.4 Å². The number of hydrogen-bond donors (Lipinski definition) is 1. The molecule has 0 saturated heterocycles. The second-order valence-electron chi connectivity index (χ2n) is 3.23. The van der Waals surface area contributed by atoms with Gasteiger partial charge in [-0.05, 0) is 18.7 Å². The molecule has 0 aliphatic heterocycles. The summed E-state index contributed by atoms with van der Waals surface area (Å²) < 4.78 is 9.07. The van der Waals surface area contributed by atoms with Crippen LogP contribution in [0.25, 0.3) is 0 Å². The highest BCUT2D eigenvalue weighted by Crippen LogP contribution is 2.13. The molecule has 1 atom stereocenters. The quantitative estimate of drug-likeness (QED) is 0.583. The molecule has 0 fully saturated rings. The van der Waals surface area contributed by atoms with Gasteiger partial charge in [0.2, 0.25) is 6.79 Å². The number of aliphatic carboxylic acids is 1. The number of ether oxygens (including phenoxy) is 2. The molecule has 0 aromatic heterocycles. The summed E-state index contributed by atoms with van der Waals surface area (Å²) in [7, 11) is 0. The van der Waals surface area contributed by atoms with Crippen molar-refractivity contribution in [3.8, 4) is 0 Å². The molecular formula is C9H14O6S. The van der Waals surface area contributed by atoms with Crippen molar-refractivity contribution in [3.63, 3.8) is 0 Å². The molecule has 0 rings (SSSR count). The monoisotopic (exact) mass is 250 g/mol. The number of hydrogen-bond acceptors (Lipinski definition) is 6. The summed E-state index contributed by atoms with van der Waals surface area (Å²) in [6.45, 7) is 4.15. The van der Waals surface area contributed by atoms with E-state index in [0.29, 0.717) is 11.8 Å². The molecular weight excluding hydrogens is 236 g/mol. The summed E-state index contributed by atoms with van der Waals surface area (Å²) in [6, 6.07) is 0. The maximum Gasteiger partial charge on any atom is 0.371 e. The molecule has 0 aliphatic carbocycles. The predicted octanol–water partition coefficient (Wildman–Crippen LogP) is 1.49. The van der Waals surface area contributed by atoms with E-state index in [1.807, 2.05) is 0 Å². The fourth-order valence-corrected chi connectivity index (χ4v) is 1.04. The van der Waals surface area contributed by atoms with Gasteiger partial charge in [-0.15, -0.1) is 0 Å². The molecule has 0 heterocycles. The van der Waals surface area contributed by atoms with Gasteiger partial charge in [0.15, 0.2) is 0 Å². The van der Waals surface area contributed by atoms with Crippen LogP contribution in [0.5, 0.6) is 0 Å². The van der Waals surface area contributed by atoms with Gasteiger partial charge >= 0.3 is 17.2 Å². The lowest BCUT2D eigenvalue weighted by molar-refractivity contribution is -0.155. The summed E-state index contributed by atoms with van der Waals surface area (Å²) >= 11 is 0.516. The van der Waals surface area contributed by atoms with Gasteiger partial charge < -0.3 is 14.6 Å². The third-order valence-electron chi connectivity index (χ3n) is 1.47. The van der Waals surface area contributed by atoms with Crippen molar-refractivity contribution in [1.82, 2.24) is 0 Å². The summed E-state index contributed by atoms with van der Waals surface area (Å²) in [5, 5.41) is 6.82. The Morgan fingerprint density at radius 3 is 2.19 bits per heavy atom. The van der Waals surface area contributed by atoms with Crippen molar-refractivity contribution in [2.24, 2.45) is 5.92 Å². The van der Waals surface area contributed by atoms with E-state index in [4.69, 9.17) is 5.11 Å². The zero-order valence-electron chi connectivity index (χ0n) is 9.26. The Morgan fingerprint density at radius 1 is 1.19 bits per heavy atom. The smallest absolute Gasteiger partial charge is 0.371 e. The molecule has 6 nitrogen and oxygen atoms in total. The van der Waals surface area contributed by atoms with Crippen LogP contribution >= 0.6 is 11.8 Å². The van der Waals surface area contributed by atoms with Gasteiger partial charge in [0.25, 0.3) is 0 Å². The SMILES string of the molecule is CC(C)C(=O)OCOC(=O)SC(C)C(=O)O. The Balaban J connectivity index is 3.75. The minimum absolute atomic E-state index is 0.302. The van der Waals surface area contributed by atoms with Crippen LogP contribution in [0.3, 0.4) is 0 Å². The van der Waals surface area contributed by atoms with Crippen LogP contribution in [0, 0.1) is 5.92 Å². The second-order valence-corrected chi connectivity index (χ2v) is 4.50. The minimum atomic E-state index is -1.11. The van der Waals surface area contributed by atoms with E-state index in [-0.39, 0.29) is 5.92 Å². The van der Waals surface area contributed by atoms with Crippen LogP contribution in [0.2, 0.25) is 0 Å². The molecule has 0 saturated carbocycles. The molecule has 0 bridgehead atoms. The zero-order chi connectivity index (χ0) is 12.7. The third kappa shape index (κ3) is 6.28. The average Bonchev–Trinajstić information content (AvgIpc) is 2.16. The molecule has 0 amide bonds. The highest BCUT2D eigenvalue weighted by Gasteiger charge is 2.18. The molecule has 0 spiro atoms. The maximum absolute atomic E-state index is 11.0. The molecule has 0 aromatic rings. The Hall–Kier alpha value is -1.24. The van der Waals surface area contributed by atoms with E-state index in [2.05, 4.69) is 9.47 Å². The number of carbonyl (C=O) groups is 3. The number of carbonyl (C=O) groups excluding carboxylic acids is 2. The van der Waals surface area contributed by atoms with Crippen LogP contribution in [0.1, 0.15) is 20.8 Å². The van der Waals surface area contributed by atoms with Gasteiger partial charge in [0.1, 0.15) is 5.25 Å². The topological polar surface area (TPSA) is 89.9 Å². The van der Waals surface area contributed by atoms with Crippen LogP contribution in [0.15, 0.2) is 0 Å². The van der Waals surface area contributed by atoms with Gasteiger partial charge in [-0.25, -0.2) is 4.79 Å². The Kier molecular flexibility index (Phi) is 6.55. The largest absolute Gasteiger partial charge is 0.480 e. The standard InChI is InChI=1S/C9H14O6S/c1-5(2)8(12)14-4-15-9(13)16-6(3)7(10)11/h5-6H,4H2,1-3H3,(H,10,11). The zero-order valence-corrected chi connectivity index (χ0v) is 10.1. The van der Waals surface area contributed by atoms with E-state index in [1.165, 1.54) is 6.92 Å². The summed E-state index contributed by atoms with van der Waals surface area (Å²) in [5.41, 5.74) is 0. The molecule has 0 aliphatic rings. The number of carboxylic acid groups (broad SMARTS) is 1. The summed E-state index contributed by atoms with van der Waals surface area (Å²) in [4.78, 5) is 32.3. The molecule has 7 heteroatoms. The predicted molar refractivity (Wildman–Crippen MR) is 57.0 cm³/mol. The van der Waals surface area contributed by atoms with Crippen molar-refractivity contribution in [2.75, 3.05) is 6.79 Å². The number of rotatable bonds is 5. The second kappa shape index (κ2) is 7.10. The normalized spacial score (nSPS) is 12.0. The van der Waals surface area contributed by atoms with Gasteiger partial charge in [0.05, 0.1) is 5.92 Å². The van der Waals surface area contributed by atoms with E-state index >= 15 is 0 Å². The average molecular weight is 250 g/mol. The molecule has 16 heavy (non-hydrogen) atoms. The Morgan fingerprint density at radius 2 is 1.75 bits per heavy atom. The fourth-order valence-electron chi connectivity index (χ4n) is 0.531. The van der Waals surface area contributed by atoms with Gasteiger partial charge in [-0.1, -0.05) is 13.8 Å². The first-order valence-corrected chi connectivity index (χ1v) is 5.45. The van der Waals surface area contributed by atoms with Crippen molar-refractivity contribution in [1.29, 1.82) is 0 Å². The molecule has 92 valence electrons. The molecule has 1 unspecified atom stereocenters. The van der Waals surface area contributed by atoms with Crippen LogP contribution in [0.4, 0.5) is 4.79 Å². The van der Waals surface area contributed by atoms with Crippen molar-refractivity contribution >= 4 is 29.0 Å². The minimum Gasteiger partial charge on any atom is -0.480 e. The Bertz CT molecular complexity index is 275. The number of esters is 1. The lowest BCUT2D eigenvalue weighted by atomic mass is 10.2. The molecule has 0 radical (unpaired) electrons. The van der Waals surface area contributed by atoms with Gasteiger partial charge in [-0.2, -0.15) is 0 Å². The molecule has 1 N–H and O–H groups in total. The first kappa shape index (κ1) is 14.8. The van der Waals surface area contributed by atoms with Gasteiger partial charge in [-0.3, -0.25) is 9.59 Å². The van der Waals surface area contributed by atoms with Gasteiger partial charge in [0, 0.05) is 0 Å². The Labute approximate surface area is 97.3 Å². The highest BCUT2D eigenvalue weighted by atomic mass is 32.2. The van der Waals surface area contributed by atoms with E-state index in [1.54, 1.807) is 13.8 Å². The lowest BCUT2D eigenvalue weighted by Crippen LogP contribution is -2.18. The summed E-state index contributed by atoms with van der Waals surface area (Å²) in [5.74, 6) is -1.89. The first-order chi connectivity index (χ1) is 7.34. The lowest BCUT2D eigenvalue weighted by Gasteiger charge is -2.08. The number of carboxylic acids is 1. The number of thioether (sulfide) groups is 1. The maximum atomic E-state index is 11.0. The first-order valence-electron chi connectivity index (χ1n) is 4.57. The fraction of sp³-hybridized carbons (Fsp3) is 0.667. The van der Waals surface area contributed by atoms with E-state index in [0.717, 1.165) is 0 Å². The molecule has 0 aromatic carbocycles. The summed E-state index contributed by atoms with van der Waals surface area (Å²) in [6.07, 6.45) is 0. The third-order valence-corrected chi connectivity index (χ3v) is 2.34.